The third-order valence-electron chi connectivity index (χ3n) is 2.93. The van der Waals surface area contributed by atoms with E-state index in [1.807, 2.05) is 6.92 Å². The molecule has 0 aromatic heterocycles. The number of ether oxygens (including phenoxy) is 2. The topological polar surface area (TPSA) is 30.5 Å². The van der Waals surface area contributed by atoms with Crippen LogP contribution in [0, 0.1) is 11.6 Å². The van der Waals surface area contributed by atoms with Crippen molar-refractivity contribution < 1.29 is 18.3 Å². The first-order valence-corrected chi connectivity index (χ1v) is 6.10. The van der Waals surface area contributed by atoms with Gasteiger partial charge in [-0.05, 0) is 24.7 Å². The Hall–Kier alpha value is -1.04. The molecule has 1 saturated heterocycles. The van der Waals surface area contributed by atoms with E-state index < -0.39 is 17.7 Å². The summed E-state index contributed by atoms with van der Waals surface area (Å²) in [6.07, 6.45) is -0.296. The van der Waals surface area contributed by atoms with Gasteiger partial charge < -0.3 is 14.8 Å². The van der Waals surface area contributed by atoms with Crippen LogP contribution in [0.25, 0.3) is 0 Å². The van der Waals surface area contributed by atoms with Crippen LogP contribution >= 0.6 is 0 Å². The second-order valence-corrected chi connectivity index (χ2v) is 4.19. The molecule has 2 atom stereocenters. The predicted octanol–water partition coefficient (Wildman–Crippen LogP) is 2.03. The second kappa shape index (κ2) is 6.22. The monoisotopic (exact) mass is 257 g/mol. The summed E-state index contributed by atoms with van der Waals surface area (Å²) in [7, 11) is 0. The van der Waals surface area contributed by atoms with Crippen molar-refractivity contribution in [3.8, 4) is 0 Å². The van der Waals surface area contributed by atoms with E-state index in [9.17, 15) is 8.78 Å². The SMILES string of the molecule is CCNC(c1cc(F)ccc1F)C1COCCO1. The summed E-state index contributed by atoms with van der Waals surface area (Å²) in [5.74, 6) is -0.887. The summed E-state index contributed by atoms with van der Waals surface area (Å²) in [4.78, 5) is 0. The highest BCUT2D eigenvalue weighted by atomic mass is 19.1. The Balaban J connectivity index is 2.24. The quantitative estimate of drug-likeness (QED) is 0.895. The molecule has 5 heteroatoms. The summed E-state index contributed by atoms with van der Waals surface area (Å²) < 4.78 is 37.9. The van der Waals surface area contributed by atoms with Crippen LogP contribution in [0.4, 0.5) is 8.78 Å². The van der Waals surface area contributed by atoms with Crippen LogP contribution in [0.2, 0.25) is 0 Å². The number of nitrogens with one attached hydrogen (secondary N) is 1. The molecule has 0 bridgehead atoms. The summed E-state index contributed by atoms with van der Waals surface area (Å²) >= 11 is 0. The molecule has 1 aromatic rings. The average molecular weight is 257 g/mol. The first kappa shape index (κ1) is 13.4. The Morgan fingerprint density at radius 2 is 2.22 bits per heavy atom. The van der Waals surface area contributed by atoms with E-state index >= 15 is 0 Å². The minimum atomic E-state index is -0.453. The van der Waals surface area contributed by atoms with Crippen LogP contribution in [-0.2, 0) is 9.47 Å². The summed E-state index contributed by atoms with van der Waals surface area (Å²) in [5.41, 5.74) is 0.285. The van der Waals surface area contributed by atoms with E-state index in [2.05, 4.69) is 5.32 Å². The third kappa shape index (κ3) is 3.04. The molecule has 1 heterocycles. The predicted molar refractivity (Wildman–Crippen MR) is 63.3 cm³/mol. The Kier molecular flexibility index (Phi) is 4.63. The van der Waals surface area contributed by atoms with E-state index in [1.165, 1.54) is 6.07 Å². The van der Waals surface area contributed by atoms with Crippen molar-refractivity contribution in [2.75, 3.05) is 26.4 Å². The molecule has 1 fully saturated rings. The Morgan fingerprint density at radius 3 is 2.89 bits per heavy atom. The maximum Gasteiger partial charge on any atom is 0.128 e. The first-order valence-electron chi connectivity index (χ1n) is 6.10. The molecular weight excluding hydrogens is 240 g/mol. The third-order valence-corrected chi connectivity index (χ3v) is 2.93. The highest BCUT2D eigenvalue weighted by Crippen LogP contribution is 2.24. The normalized spacial score (nSPS) is 21.8. The first-order chi connectivity index (χ1) is 8.72. The number of likely N-dealkylation sites (N-methyl/N-ethyl adjacent to an activating group) is 1. The second-order valence-electron chi connectivity index (χ2n) is 4.19. The number of hydrogen-bond donors (Lipinski definition) is 1. The highest BCUT2D eigenvalue weighted by Gasteiger charge is 2.28. The van der Waals surface area contributed by atoms with Crippen LogP contribution in [-0.4, -0.2) is 32.5 Å². The van der Waals surface area contributed by atoms with Crippen LogP contribution in [0.3, 0.4) is 0 Å². The number of halogens is 2. The Bertz CT molecular complexity index is 395. The fourth-order valence-corrected chi connectivity index (χ4v) is 2.11. The summed E-state index contributed by atoms with van der Waals surface area (Å²) in [5, 5.41) is 3.12. The van der Waals surface area contributed by atoms with E-state index in [0.717, 1.165) is 12.1 Å². The molecule has 100 valence electrons. The van der Waals surface area contributed by atoms with Crippen molar-refractivity contribution in [2.45, 2.75) is 19.1 Å². The molecule has 1 aromatic carbocycles. The highest BCUT2D eigenvalue weighted by molar-refractivity contribution is 5.23. The lowest BCUT2D eigenvalue weighted by Crippen LogP contribution is -2.41. The lowest BCUT2D eigenvalue weighted by atomic mass is 10.0. The largest absolute Gasteiger partial charge is 0.376 e. The molecule has 1 aliphatic heterocycles. The van der Waals surface area contributed by atoms with Gasteiger partial charge in [-0.1, -0.05) is 6.92 Å². The fraction of sp³-hybridized carbons (Fsp3) is 0.538. The molecule has 18 heavy (non-hydrogen) atoms. The molecule has 3 nitrogen and oxygen atoms in total. The fourth-order valence-electron chi connectivity index (χ4n) is 2.11. The minimum absolute atomic E-state index is 0.285. The number of rotatable bonds is 4. The Labute approximate surface area is 105 Å². The molecule has 0 spiro atoms. The van der Waals surface area contributed by atoms with Gasteiger partial charge in [0.15, 0.2) is 0 Å². The van der Waals surface area contributed by atoms with E-state index in [1.54, 1.807) is 0 Å². The van der Waals surface area contributed by atoms with Crippen LogP contribution in [0.5, 0.6) is 0 Å². The van der Waals surface area contributed by atoms with Crippen molar-refractivity contribution in [1.29, 1.82) is 0 Å². The molecular formula is C13H17F2NO2. The number of hydrogen-bond acceptors (Lipinski definition) is 3. The van der Waals surface area contributed by atoms with Gasteiger partial charge in [-0.25, -0.2) is 8.78 Å². The molecule has 0 saturated carbocycles. The van der Waals surface area contributed by atoms with Gasteiger partial charge in [0, 0.05) is 5.56 Å². The maximum absolute atomic E-state index is 13.8. The zero-order valence-corrected chi connectivity index (χ0v) is 10.3. The zero-order chi connectivity index (χ0) is 13.0. The standard InChI is InChI=1S/C13H17F2NO2/c1-2-16-13(12-8-17-5-6-18-12)10-7-9(14)3-4-11(10)15/h3-4,7,12-13,16H,2,5-6,8H2,1H3. The van der Waals surface area contributed by atoms with Gasteiger partial charge in [-0.15, -0.1) is 0 Å². The van der Waals surface area contributed by atoms with Crippen LogP contribution < -0.4 is 5.32 Å². The van der Waals surface area contributed by atoms with Crippen molar-refractivity contribution in [3.63, 3.8) is 0 Å². The molecule has 1 N–H and O–H groups in total. The Morgan fingerprint density at radius 1 is 1.39 bits per heavy atom. The van der Waals surface area contributed by atoms with E-state index in [-0.39, 0.29) is 11.7 Å². The summed E-state index contributed by atoms with van der Waals surface area (Å²) in [6, 6.07) is 3.06. The lowest BCUT2D eigenvalue weighted by Gasteiger charge is -2.31. The lowest BCUT2D eigenvalue weighted by molar-refractivity contribution is -0.102. The molecule has 0 aliphatic carbocycles. The van der Waals surface area contributed by atoms with E-state index in [4.69, 9.17) is 9.47 Å². The molecule has 2 rings (SSSR count). The molecule has 2 unspecified atom stereocenters. The number of benzene rings is 1. The van der Waals surface area contributed by atoms with Crippen molar-refractivity contribution in [3.05, 3.63) is 35.4 Å². The molecule has 1 aliphatic rings. The van der Waals surface area contributed by atoms with Gasteiger partial charge in [0.25, 0.3) is 0 Å². The van der Waals surface area contributed by atoms with Gasteiger partial charge in [0.05, 0.1) is 25.9 Å². The van der Waals surface area contributed by atoms with Crippen molar-refractivity contribution >= 4 is 0 Å². The van der Waals surface area contributed by atoms with Gasteiger partial charge in [0.2, 0.25) is 0 Å². The molecule has 0 amide bonds. The van der Waals surface area contributed by atoms with Gasteiger partial charge in [0.1, 0.15) is 17.7 Å². The van der Waals surface area contributed by atoms with Crippen LogP contribution in [0.1, 0.15) is 18.5 Å². The molecule has 0 radical (unpaired) electrons. The maximum atomic E-state index is 13.8. The van der Waals surface area contributed by atoms with Crippen molar-refractivity contribution in [1.82, 2.24) is 5.32 Å². The minimum Gasteiger partial charge on any atom is -0.376 e. The van der Waals surface area contributed by atoms with Gasteiger partial charge >= 0.3 is 0 Å². The van der Waals surface area contributed by atoms with Crippen LogP contribution in [0.15, 0.2) is 18.2 Å². The van der Waals surface area contributed by atoms with E-state index in [0.29, 0.717) is 26.4 Å². The zero-order valence-electron chi connectivity index (χ0n) is 10.3. The smallest absolute Gasteiger partial charge is 0.128 e. The van der Waals surface area contributed by atoms with Crippen molar-refractivity contribution in [2.24, 2.45) is 0 Å². The summed E-state index contributed by atoms with van der Waals surface area (Å²) in [6.45, 7) is 3.95. The van der Waals surface area contributed by atoms with Gasteiger partial charge in [-0.2, -0.15) is 0 Å². The van der Waals surface area contributed by atoms with Gasteiger partial charge in [-0.3, -0.25) is 0 Å². The average Bonchev–Trinajstić information content (AvgIpc) is 2.40.